The largest absolute Gasteiger partial charge is 0.470 e. The van der Waals surface area contributed by atoms with Crippen molar-refractivity contribution in [2.45, 2.75) is 25.5 Å². The molecule has 134 valence electrons. The van der Waals surface area contributed by atoms with Gasteiger partial charge < -0.3 is 19.2 Å². The van der Waals surface area contributed by atoms with Gasteiger partial charge in [0.2, 0.25) is 5.88 Å². The smallest absolute Gasteiger partial charge is 0.251 e. The normalized spacial score (nSPS) is 20.0. The summed E-state index contributed by atoms with van der Waals surface area (Å²) >= 11 is 0. The van der Waals surface area contributed by atoms with Gasteiger partial charge in [-0.25, -0.2) is 9.97 Å². The Morgan fingerprint density at radius 2 is 2.23 bits per heavy atom. The third kappa shape index (κ3) is 3.52. The molecule has 7 heteroatoms. The van der Waals surface area contributed by atoms with Crippen molar-refractivity contribution in [1.82, 2.24) is 15.3 Å². The van der Waals surface area contributed by atoms with Crippen molar-refractivity contribution < 1.29 is 18.7 Å². The highest BCUT2D eigenvalue weighted by Crippen LogP contribution is 2.19. The van der Waals surface area contributed by atoms with E-state index in [1.807, 2.05) is 12.1 Å². The summed E-state index contributed by atoms with van der Waals surface area (Å²) in [5.74, 6) is 0.911. The minimum atomic E-state index is -0.293. The quantitative estimate of drug-likeness (QED) is 0.775. The molecule has 2 aromatic heterocycles. The molecule has 2 atom stereocenters. The first kappa shape index (κ1) is 16.5. The molecular formula is C19H19N3O4. The Kier molecular flexibility index (Phi) is 4.53. The van der Waals surface area contributed by atoms with Crippen LogP contribution in [-0.4, -0.2) is 41.2 Å². The molecule has 1 saturated heterocycles. The summed E-state index contributed by atoms with van der Waals surface area (Å²) in [5.41, 5.74) is 1.86. The highest BCUT2D eigenvalue weighted by molar-refractivity contribution is 5.97. The van der Waals surface area contributed by atoms with Gasteiger partial charge in [-0.2, -0.15) is 0 Å². The number of oxazole rings is 1. The molecule has 1 aliphatic rings. The molecule has 0 bridgehead atoms. The van der Waals surface area contributed by atoms with Crippen LogP contribution in [0.1, 0.15) is 22.7 Å². The molecule has 7 nitrogen and oxygen atoms in total. The van der Waals surface area contributed by atoms with Gasteiger partial charge in [-0.3, -0.25) is 4.79 Å². The second-order valence-corrected chi connectivity index (χ2v) is 6.18. The Morgan fingerprint density at radius 1 is 1.31 bits per heavy atom. The van der Waals surface area contributed by atoms with Crippen LogP contribution in [0.25, 0.3) is 11.1 Å². The Hall–Kier alpha value is -2.93. The number of rotatable bonds is 4. The number of amides is 1. The van der Waals surface area contributed by atoms with E-state index in [0.29, 0.717) is 42.6 Å². The number of hydrogen-bond donors (Lipinski definition) is 1. The van der Waals surface area contributed by atoms with E-state index >= 15 is 0 Å². The zero-order valence-corrected chi connectivity index (χ0v) is 14.3. The van der Waals surface area contributed by atoms with E-state index < -0.39 is 0 Å². The molecule has 3 heterocycles. The number of carbonyl (C=O) groups excluding carboxylic acids is 1. The van der Waals surface area contributed by atoms with Crippen LogP contribution in [-0.2, 0) is 4.74 Å². The lowest BCUT2D eigenvalue weighted by Gasteiger charge is -2.32. The summed E-state index contributed by atoms with van der Waals surface area (Å²) in [5, 5.41) is 3.04. The summed E-state index contributed by atoms with van der Waals surface area (Å²) in [4.78, 5) is 21.1. The van der Waals surface area contributed by atoms with Gasteiger partial charge in [0.25, 0.3) is 5.91 Å². The zero-order chi connectivity index (χ0) is 17.9. The predicted molar refractivity (Wildman–Crippen MR) is 94.1 cm³/mol. The highest BCUT2D eigenvalue weighted by atomic mass is 16.5. The molecule has 3 aromatic rings. The van der Waals surface area contributed by atoms with Crippen LogP contribution in [0.2, 0.25) is 0 Å². The average molecular weight is 353 g/mol. The van der Waals surface area contributed by atoms with Crippen LogP contribution in [0.3, 0.4) is 0 Å². The third-order valence-electron chi connectivity index (χ3n) is 4.29. The number of fused-ring (bicyclic) bond motifs is 1. The number of benzene rings is 1. The first-order valence-corrected chi connectivity index (χ1v) is 8.52. The van der Waals surface area contributed by atoms with Gasteiger partial charge in [0.1, 0.15) is 11.6 Å². The molecule has 0 saturated carbocycles. The summed E-state index contributed by atoms with van der Waals surface area (Å²) < 4.78 is 16.9. The van der Waals surface area contributed by atoms with E-state index in [-0.39, 0.29) is 18.1 Å². The first-order valence-electron chi connectivity index (χ1n) is 8.52. The van der Waals surface area contributed by atoms with Gasteiger partial charge >= 0.3 is 0 Å². The van der Waals surface area contributed by atoms with Crippen LogP contribution in [0.15, 0.2) is 47.0 Å². The van der Waals surface area contributed by atoms with Gasteiger partial charge in [-0.05, 0) is 30.7 Å². The lowest BCUT2D eigenvalue weighted by molar-refractivity contribution is -0.0152. The maximum absolute atomic E-state index is 12.7. The first-order chi connectivity index (χ1) is 12.7. The SMILES string of the molecule is Cc1nc2ccc(C(=O)N[C@@H]3CCOC[C@H]3Oc3ccccn3)cc2o1. The van der Waals surface area contributed by atoms with Crippen molar-refractivity contribution in [3.8, 4) is 5.88 Å². The van der Waals surface area contributed by atoms with Gasteiger partial charge in [0.15, 0.2) is 11.5 Å². The maximum Gasteiger partial charge on any atom is 0.251 e. The molecule has 1 amide bonds. The highest BCUT2D eigenvalue weighted by Gasteiger charge is 2.29. The molecule has 0 radical (unpaired) electrons. The van der Waals surface area contributed by atoms with Crippen LogP contribution in [0.4, 0.5) is 0 Å². The van der Waals surface area contributed by atoms with Crippen LogP contribution >= 0.6 is 0 Å². The van der Waals surface area contributed by atoms with E-state index in [4.69, 9.17) is 13.9 Å². The van der Waals surface area contributed by atoms with Crippen molar-refractivity contribution in [1.29, 1.82) is 0 Å². The molecule has 0 spiro atoms. The van der Waals surface area contributed by atoms with Crippen molar-refractivity contribution in [2.24, 2.45) is 0 Å². The lowest BCUT2D eigenvalue weighted by Crippen LogP contribution is -2.51. The Morgan fingerprint density at radius 3 is 3.08 bits per heavy atom. The van der Waals surface area contributed by atoms with Gasteiger partial charge in [-0.1, -0.05) is 6.07 Å². The average Bonchev–Trinajstić information content (AvgIpc) is 3.03. The Labute approximate surface area is 150 Å². The fourth-order valence-corrected chi connectivity index (χ4v) is 3.00. The van der Waals surface area contributed by atoms with Crippen LogP contribution < -0.4 is 10.1 Å². The van der Waals surface area contributed by atoms with Gasteiger partial charge in [-0.15, -0.1) is 0 Å². The molecule has 1 aliphatic heterocycles. The van der Waals surface area contributed by atoms with Crippen molar-refractivity contribution in [3.05, 3.63) is 54.0 Å². The summed E-state index contributed by atoms with van der Waals surface area (Å²) in [7, 11) is 0. The number of pyridine rings is 1. The molecule has 26 heavy (non-hydrogen) atoms. The second-order valence-electron chi connectivity index (χ2n) is 6.18. The minimum Gasteiger partial charge on any atom is -0.470 e. The van der Waals surface area contributed by atoms with Crippen molar-refractivity contribution in [3.63, 3.8) is 0 Å². The molecule has 4 rings (SSSR count). The number of nitrogens with zero attached hydrogens (tertiary/aromatic N) is 2. The second kappa shape index (κ2) is 7.13. The number of aryl methyl sites for hydroxylation is 1. The summed E-state index contributed by atoms with van der Waals surface area (Å²) in [6, 6.07) is 10.5. The molecular weight excluding hydrogens is 334 g/mol. The summed E-state index contributed by atoms with van der Waals surface area (Å²) in [6.45, 7) is 2.76. The predicted octanol–water partition coefficient (Wildman–Crippen LogP) is 2.50. The van der Waals surface area contributed by atoms with Crippen molar-refractivity contribution >= 4 is 17.0 Å². The van der Waals surface area contributed by atoms with E-state index in [0.717, 1.165) is 5.52 Å². The van der Waals surface area contributed by atoms with Crippen LogP contribution in [0.5, 0.6) is 5.88 Å². The monoisotopic (exact) mass is 353 g/mol. The molecule has 1 aromatic carbocycles. The van der Waals surface area contributed by atoms with E-state index in [1.165, 1.54) is 0 Å². The van der Waals surface area contributed by atoms with E-state index in [2.05, 4.69) is 15.3 Å². The standard InChI is InChI=1S/C19H19N3O4/c1-12-21-14-6-5-13(10-16(14)25-12)19(23)22-15-7-9-24-11-17(15)26-18-4-2-3-8-20-18/h2-6,8,10,15,17H,7,9,11H2,1H3,(H,22,23)/t15-,17-/m1/s1. The molecule has 0 aliphatic carbocycles. The van der Waals surface area contributed by atoms with E-state index in [9.17, 15) is 4.79 Å². The maximum atomic E-state index is 12.7. The molecule has 1 N–H and O–H groups in total. The molecule has 1 fully saturated rings. The Bertz CT molecular complexity index is 910. The number of nitrogens with one attached hydrogen (secondary N) is 1. The number of aromatic nitrogens is 2. The number of carbonyl (C=O) groups is 1. The van der Waals surface area contributed by atoms with Gasteiger partial charge in [0, 0.05) is 31.4 Å². The minimum absolute atomic E-state index is 0.162. The third-order valence-corrected chi connectivity index (χ3v) is 4.29. The topological polar surface area (TPSA) is 86.5 Å². The lowest BCUT2D eigenvalue weighted by atomic mass is 10.0. The number of hydrogen-bond acceptors (Lipinski definition) is 6. The fourth-order valence-electron chi connectivity index (χ4n) is 3.00. The number of ether oxygens (including phenoxy) is 2. The van der Waals surface area contributed by atoms with Gasteiger partial charge in [0.05, 0.1) is 12.6 Å². The molecule has 0 unspecified atom stereocenters. The van der Waals surface area contributed by atoms with E-state index in [1.54, 1.807) is 37.4 Å². The fraction of sp³-hybridized carbons (Fsp3) is 0.316. The van der Waals surface area contributed by atoms with Crippen LogP contribution in [0, 0.1) is 6.92 Å². The zero-order valence-electron chi connectivity index (χ0n) is 14.3. The Balaban J connectivity index is 1.48. The van der Waals surface area contributed by atoms with Crippen molar-refractivity contribution in [2.75, 3.05) is 13.2 Å². The summed E-state index contributed by atoms with van der Waals surface area (Å²) in [6.07, 6.45) is 2.05.